The summed E-state index contributed by atoms with van der Waals surface area (Å²) in [6.07, 6.45) is 1.57. The van der Waals surface area contributed by atoms with Gasteiger partial charge in [-0.1, -0.05) is 18.2 Å². The second kappa shape index (κ2) is 7.85. The minimum Gasteiger partial charge on any atom is -0.495 e. The van der Waals surface area contributed by atoms with Crippen LogP contribution in [0.5, 0.6) is 5.75 Å². The van der Waals surface area contributed by atoms with Crippen molar-refractivity contribution in [1.82, 2.24) is 5.32 Å². The summed E-state index contributed by atoms with van der Waals surface area (Å²) >= 11 is 0. The van der Waals surface area contributed by atoms with Gasteiger partial charge in [-0.15, -0.1) is 6.58 Å². The van der Waals surface area contributed by atoms with E-state index in [0.717, 1.165) is 4.31 Å². The molecule has 0 spiro atoms. The lowest BCUT2D eigenvalue weighted by Crippen LogP contribution is -2.27. The Bertz CT molecular complexity index is 861. The number of rotatable bonds is 7. The van der Waals surface area contributed by atoms with Crippen molar-refractivity contribution in [2.24, 2.45) is 0 Å². The Labute approximate surface area is 147 Å². The van der Waals surface area contributed by atoms with Crippen molar-refractivity contribution in [3.8, 4) is 5.75 Å². The summed E-state index contributed by atoms with van der Waals surface area (Å²) in [6, 6.07) is 12.6. The van der Waals surface area contributed by atoms with E-state index in [1.165, 1.54) is 38.4 Å². The van der Waals surface area contributed by atoms with Gasteiger partial charge in [0.25, 0.3) is 15.9 Å². The van der Waals surface area contributed by atoms with E-state index in [2.05, 4.69) is 11.9 Å². The van der Waals surface area contributed by atoms with Crippen LogP contribution in [0.15, 0.2) is 66.1 Å². The molecule has 2 aromatic carbocycles. The Morgan fingerprint density at radius 3 is 2.44 bits per heavy atom. The number of anilines is 1. The average molecular weight is 360 g/mol. The highest BCUT2D eigenvalue weighted by molar-refractivity contribution is 7.92. The topological polar surface area (TPSA) is 75.7 Å². The van der Waals surface area contributed by atoms with Crippen LogP contribution in [-0.2, 0) is 10.0 Å². The predicted octanol–water partition coefficient (Wildman–Crippen LogP) is 2.44. The maximum Gasteiger partial charge on any atom is 0.264 e. The quantitative estimate of drug-likeness (QED) is 0.770. The average Bonchev–Trinajstić information content (AvgIpc) is 2.65. The van der Waals surface area contributed by atoms with Crippen molar-refractivity contribution in [2.75, 3.05) is 25.0 Å². The van der Waals surface area contributed by atoms with Crippen molar-refractivity contribution in [3.63, 3.8) is 0 Å². The molecule has 1 amide bonds. The Hall–Kier alpha value is -2.80. The molecule has 0 saturated carbocycles. The molecule has 0 fully saturated rings. The standard InChI is InChI=1S/C18H20N2O4S/c1-4-13-19-18(21)14-9-11-15(12-10-14)25(22,23)20(2)16-7-5-6-8-17(16)24-3/h4-12H,1,13H2,2-3H3,(H,19,21). The summed E-state index contributed by atoms with van der Waals surface area (Å²) in [5, 5.41) is 2.64. The Morgan fingerprint density at radius 2 is 1.84 bits per heavy atom. The van der Waals surface area contributed by atoms with E-state index in [0.29, 0.717) is 23.5 Å². The number of methoxy groups -OCH3 is 1. The van der Waals surface area contributed by atoms with Crippen LogP contribution < -0.4 is 14.4 Å². The first-order valence-corrected chi connectivity index (χ1v) is 8.97. The maximum atomic E-state index is 12.8. The van der Waals surface area contributed by atoms with Gasteiger partial charge in [0.1, 0.15) is 5.75 Å². The molecule has 0 bridgehead atoms. The van der Waals surface area contributed by atoms with Gasteiger partial charge in [0, 0.05) is 19.2 Å². The molecule has 0 atom stereocenters. The fraction of sp³-hybridized carbons (Fsp3) is 0.167. The van der Waals surface area contributed by atoms with E-state index in [9.17, 15) is 13.2 Å². The van der Waals surface area contributed by atoms with Crippen molar-refractivity contribution < 1.29 is 17.9 Å². The van der Waals surface area contributed by atoms with Crippen molar-refractivity contribution in [1.29, 1.82) is 0 Å². The molecule has 0 unspecified atom stereocenters. The summed E-state index contributed by atoms with van der Waals surface area (Å²) in [7, 11) is -0.840. The number of para-hydroxylation sites is 2. The number of hydrogen-bond acceptors (Lipinski definition) is 4. The first-order valence-electron chi connectivity index (χ1n) is 7.53. The molecule has 25 heavy (non-hydrogen) atoms. The Balaban J connectivity index is 2.30. The van der Waals surface area contributed by atoms with Gasteiger partial charge < -0.3 is 10.1 Å². The highest BCUT2D eigenvalue weighted by Gasteiger charge is 2.23. The van der Waals surface area contributed by atoms with E-state index < -0.39 is 10.0 Å². The van der Waals surface area contributed by atoms with Gasteiger partial charge >= 0.3 is 0 Å². The molecule has 0 aliphatic heterocycles. The summed E-state index contributed by atoms with van der Waals surface area (Å²) in [5.74, 6) is 0.163. The fourth-order valence-corrected chi connectivity index (χ4v) is 3.43. The fourth-order valence-electron chi connectivity index (χ4n) is 2.22. The highest BCUT2D eigenvalue weighted by Crippen LogP contribution is 2.30. The molecule has 0 aliphatic rings. The molecule has 1 N–H and O–H groups in total. The number of nitrogens with zero attached hydrogens (tertiary/aromatic N) is 1. The number of carbonyl (C=O) groups excluding carboxylic acids is 1. The second-order valence-electron chi connectivity index (χ2n) is 5.17. The SMILES string of the molecule is C=CCNC(=O)c1ccc(S(=O)(=O)N(C)c2ccccc2OC)cc1. The Kier molecular flexibility index (Phi) is 5.82. The van der Waals surface area contributed by atoms with Crippen LogP contribution in [-0.4, -0.2) is 35.0 Å². The zero-order valence-electron chi connectivity index (χ0n) is 14.1. The third-order valence-electron chi connectivity index (χ3n) is 3.61. The van der Waals surface area contributed by atoms with E-state index in [1.54, 1.807) is 30.3 Å². The van der Waals surface area contributed by atoms with Crippen LogP contribution in [0.4, 0.5) is 5.69 Å². The van der Waals surface area contributed by atoms with Gasteiger partial charge in [0.05, 0.1) is 17.7 Å². The van der Waals surface area contributed by atoms with E-state index in [1.807, 2.05) is 0 Å². The van der Waals surface area contributed by atoms with Crippen LogP contribution in [0.1, 0.15) is 10.4 Å². The van der Waals surface area contributed by atoms with Crippen LogP contribution >= 0.6 is 0 Å². The molecule has 7 heteroatoms. The van der Waals surface area contributed by atoms with Crippen molar-refractivity contribution in [2.45, 2.75) is 4.90 Å². The second-order valence-corrected chi connectivity index (χ2v) is 7.14. The number of ether oxygens (including phenoxy) is 1. The van der Waals surface area contributed by atoms with Gasteiger partial charge in [0.15, 0.2) is 0 Å². The van der Waals surface area contributed by atoms with Gasteiger partial charge in [-0.3, -0.25) is 9.10 Å². The molecule has 0 saturated heterocycles. The molecule has 0 aliphatic carbocycles. The first-order chi connectivity index (χ1) is 11.9. The maximum absolute atomic E-state index is 12.8. The minimum atomic E-state index is -3.78. The zero-order valence-corrected chi connectivity index (χ0v) is 14.9. The molecule has 0 aromatic heterocycles. The van der Waals surface area contributed by atoms with Gasteiger partial charge in [0.2, 0.25) is 0 Å². The Morgan fingerprint density at radius 1 is 1.20 bits per heavy atom. The normalized spacial score (nSPS) is 10.8. The molecule has 0 radical (unpaired) electrons. The molecule has 0 heterocycles. The summed E-state index contributed by atoms with van der Waals surface area (Å²) in [4.78, 5) is 12.0. The van der Waals surface area contributed by atoms with E-state index in [4.69, 9.17) is 4.74 Å². The smallest absolute Gasteiger partial charge is 0.264 e. The number of hydrogen-bond donors (Lipinski definition) is 1. The number of sulfonamides is 1. The minimum absolute atomic E-state index is 0.0844. The summed E-state index contributed by atoms with van der Waals surface area (Å²) in [5.41, 5.74) is 0.804. The van der Waals surface area contributed by atoms with Crippen LogP contribution in [0.2, 0.25) is 0 Å². The highest BCUT2D eigenvalue weighted by atomic mass is 32.2. The molecule has 2 rings (SSSR count). The molecular formula is C18H20N2O4S. The van der Waals surface area contributed by atoms with E-state index >= 15 is 0 Å². The monoisotopic (exact) mass is 360 g/mol. The summed E-state index contributed by atoms with van der Waals surface area (Å²) in [6.45, 7) is 3.87. The molecular weight excluding hydrogens is 340 g/mol. The van der Waals surface area contributed by atoms with E-state index in [-0.39, 0.29) is 10.8 Å². The van der Waals surface area contributed by atoms with Crippen molar-refractivity contribution >= 4 is 21.6 Å². The van der Waals surface area contributed by atoms with Crippen LogP contribution in [0.3, 0.4) is 0 Å². The number of benzene rings is 2. The number of carbonyl (C=O) groups is 1. The number of amides is 1. The molecule has 2 aromatic rings. The van der Waals surface area contributed by atoms with Gasteiger partial charge in [-0.2, -0.15) is 0 Å². The molecule has 6 nitrogen and oxygen atoms in total. The lowest BCUT2D eigenvalue weighted by atomic mass is 10.2. The third kappa shape index (κ3) is 4.00. The molecule has 132 valence electrons. The van der Waals surface area contributed by atoms with Crippen molar-refractivity contribution in [3.05, 3.63) is 66.7 Å². The lowest BCUT2D eigenvalue weighted by Gasteiger charge is -2.21. The van der Waals surface area contributed by atoms with Gasteiger partial charge in [-0.05, 0) is 36.4 Å². The van der Waals surface area contributed by atoms with Crippen LogP contribution in [0, 0.1) is 0 Å². The predicted molar refractivity (Wildman–Crippen MR) is 97.6 cm³/mol. The van der Waals surface area contributed by atoms with Crippen LogP contribution in [0.25, 0.3) is 0 Å². The zero-order chi connectivity index (χ0) is 18.4. The lowest BCUT2D eigenvalue weighted by molar-refractivity contribution is 0.0958. The third-order valence-corrected chi connectivity index (χ3v) is 5.39. The largest absolute Gasteiger partial charge is 0.495 e. The number of nitrogens with one attached hydrogen (secondary N) is 1. The first kappa shape index (κ1) is 18.5. The van der Waals surface area contributed by atoms with Gasteiger partial charge in [-0.25, -0.2) is 8.42 Å². The summed E-state index contributed by atoms with van der Waals surface area (Å²) < 4.78 is 32.0.